The molecule has 32 heavy (non-hydrogen) atoms. The van der Waals surface area contributed by atoms with Crippen molar-refractivity contribution in [3.63, 3.8) is 0 Å². The number of amides is 3. The van der Waals surface area contributed by atoms with Crippen molar-refractivity contribution in [2.24, 2.45) is 0 Å². The predicted octanol–water partition coefficient (Wildman–Crippen LogP) is 1.32. The van der Waals surface area contributed by atoms with E-state index in [0.717, 1.165) is 11.1 Å². The van der Waals surface area contributed by atoms with E-state index in [4.69, 9.17) is 9.47 Å². The van der Waals surface area contributed by atoms with E-state index in [1.54, 1.807) is 6.92 Å². The van der Waals surface area contributed by atoms with Crippen molar-refractivity contribution in [1.29, 1.82) is 0 Å². The molecule has 0 heterocycles. The van der Waals surface area contributed by atoms with E-state index in [2.05, 4.69) is 16.0 Å². The zero-order chi connectivity index (χ0) is 23.2. The molecule has 3 N–H and O–H groups in total. The molecular formula is C23H27N3O6. The van der Waals surface area contributed by atoms with Gasteiger partial charge in [-0.3, -0.25) is 14.4 Å². The lowest BCUT2D eigenvalue weighted by Gasteiger charge is -2.18. The third kappa shape index (κ3) is 9.29. The summed E-state index contributed by atoms with van der Waals surface area (Å²) in [6, 6.07) is 17.3. The Morgan fingerprint density at radius 1 is 0.812 bits per heavy atom. The van der Waals surface area contributed by atoms with E-state index in [0.29, 0.717) is 0 Å². The van der Waals surface area contributed by atoms with Crippen molar-refractivity contribution < 1.29 is 28.7 Å². The second-order valence-electron chi connectivity index (χ2n) is 6.75. The van der Waals surface area contributed by atoms with Crippen molar-refractivity contribution >= 4 is 23.9 Å². The fourth-order valence-electron chi connectivity index (χ4n) is 2.73. The zero-order valence-electron chi connectivity index (χ0n) is 17.8. The highest BCUT2D eigenvalue weighted by molar-refractivity contribution is 5.91. The van der Waals surface area contributed by atoms with Gasteiger partial charge >= 0.3 is 12.1 Å². The average molecular weight is 441 g/mol. The first-order valence-electron chi connectivity index (χ1n) is 10.2. The molecule has 2 aromatic rings. The molecule has 0 aliphatic carbocycles. The monoisotopic (exact) mass is 441 g/mol. The van der Waals surface area contributed by atoms with Crippen LogP contribution in [0.5, 0.6) is 0 Å². The van der Waals surface area contributed by atoms with Gasteiger partial charge in [0.2, 0.25) is 11.8 Å². The van der Waals surface area contributed by atoms with E-state index in [-0.39, 0.29) is 32.7 Å². The third-order valence-corrected chi connectivity index (χ3v) is 4.25. The standard InChI is InChI=1S/C23H27N3O6/c1-2-31-21(28)15-24-22(29)19(13-17-9-5-3-6-10-17)26-20(27)14-25-23(30)32-16-18-11-7-4-8-12-18/h3-12,19H,2,13-16H2,1H3,(H,24,29)(H,25,30)(H,26,27)/t19-/m0/s1. The molecule has 0 unspecified atom stereocenters. The summed E-state index contributed by atoms with van der Waals surface area (Å²) in [7, 11) is 0. The Bertz CT molecular complexity index is 889. The molecule has 1 atom stereocenters. The van der Waals surface area contributed by atoms with E-state index < -0.39 is 29.9 Å². The summed E-state index contributed by atoms with van der Waals surface area (Å²) < 4.78 is 9.84. The molecule has 170 valence electrons. The number of carbonyl (C=O) groups excluding carboxylic acids is 4. The van der Waals surface area contributed by atoms with Gasteiger partial charge in [0, 0.05) is 6.42 Å². The topological polar surface area (TPSA) is 123 Å². The number of alkyl carbamates (subject to hydrolysis) is 1. The van der Waals surface area contributed by atoms with Crippen molar-refractivity contribution in [1.82, 2.24) is 16.0 Å². The van der Waals surface area contributed by atoms with Crippen LogP contribution in [-0.4, -0.2) is 49.6 Å². The highest BCUT2D eigenvalue weighted by atomic mass is 16.5. The van der Waals surface area contributed by atoms with Crippen molar-refractivity contribution in [2.75, 3.05) is 19.7 Å². The van der Waals surface area contributed by atoms with Crippen molar-refractivity contribution in [2.45, 2.75) is 26.0 Å². The number of ether oxygens (including phenoxy) is 2. The first-order valence-corrected chi connectivity index (χ1v) is 10.2. The summed E-state index contributed by atoms with van der Waals surface area (Å²) >= 11 is 0. The number of hydrogen-bond donors (Lipinski definition) is 3. The van der Waals surface area contributed by atoms with Crippen LogP contribution >= 0.6 is 0 Å². The lowest BCUT2D eigenvalue weighted by molar-refractivity contribution is -0.143. The lowest BCUT2D eigenvalue weighted by Crippen LogP contribution is -2.51. The third-order valence-electron chi connectivity index (χ3n) is 4.25. The van der Waals surface area contributed by atoms with Crippen molar-refractivity contribution in [3.05, 3.63) is 71.8 Å². The molecule has 0 radical (unpaired) electrons. The molecule has 0 saturated carbocycles. The summed E-state index contributed by atoms with van der Waals surface area (Å²) in [6.45, 7) is 1.25. The van der Waals surface area contributed by atoms with Gasteiger partial charge in [0.1, 0.15) is 25.7 Å². The van der Waals surface area contributed by atoms with Gasteiger partial charge in [0.25, 0.3) is 0 Å². The predicted molar refractivity (Wildman–Crippen MR) is 116 cm³/mol. The minimum absolute atomic E-state index is 0.0706. The Morgan fingerprint density at radius 3 is 2.06 bits per heavy atom. The minimum Gasteiger partial charge on any atom is -0.465 e. The fraction of sp³-hybridized carbons (Fsp3) is 0.304. The van der Waals surface area contributed by atoms with Gasteiger partial charge in [0.05, 0.1) is 6.61 Å². The molecule has 3 amide bonds. The molecule has 9 heteroatoms. The lowest BCUT2D eigenvalue weighted by atomic mass is 10.1. The maximum atomic E-state index is 12.5. The Kier molecular flexibility index (Phi) is 10.2. The Hall–Kier alpha value is -3.88. The summed E-state index contributed by atoms with van der Waals surface area (Å²) in [5, 5.41) is 7.38. The molecule has 0 bridgehead atoms. The molecule has 0 aliphatic rings. The van der Waals surface area contributed by atoms with Crippen molar-refractivity contribution in [3.8, 4) is 0 Å². The van der Waals surface area contributed by atoms with Crippen LogP contribution in [0.4, 0.5) is 4.79 Å². The molecule has 0 aromatic heterocycles. The molecule has 2 aromatic carbocycles. The SMILES string of the molecule is CCOC(=O)CNC(=O)[C@H](Cc1ccccc1)NC(=O)CNC(=O)OCc1ccccc1. The maximum absolute atomic E-state index is 12.5. The van der Waals surface area contributed by atoms with E-state index in [1.165, 1.54) is 0 Å². The Balaban J connectivity index is 1.86. The molecule has 0 fully saturated rings. The fourth-order valence-corrected chi connectivity index (χ4v) is 2.73. The Labute approximate surface area is 186 Å². The smallest absolute Gasteiger partial charge is 0.407 e. The van der Waals surface area contributed by atoms with Gasteiger partial charge in [-0.2, -0.15) is 0 Å². The summed E-state index contributed by atoms with van der Waals surface area (Å²) in [5.41, 5.74) is 1.63. The molecule has 0 aliphatic heterocycles. The molecule has 0 saturated heterocycles. The number of esters is 1. The van der Waals surface area contributed by atoms with Crippen LogP contribution in [0, 0.1) is 0 Å². The van der Waals surface area contributed by atoms with Crippen LogP contribution in [0.3, 0.4) is 0 Å². The second kappa shape index (κ2) is 13.4. The van der Waals surface area contributed by atoms with Crippen LogP contribution in [0.15, 0.2) is 60.7 Å². The van der Waals surface area contributed by atoms with Gasteiger partial charge in [-0.1, -0.05) is 60.7 Å². The molecular weight excluding hydrogens is 414 g/mol. The van der Waals surface area contributed by atoms with Crippen LogP contribution < -0.4 is 16.0 Å². The first kappa shape index (κ1) is 24.4. The van der Waals surface area contributed by atoms with Crippen LogP contribution in [0.25, 0.3) is 0 Å². The first-order chi connectivity index (χ1) is 15.5. The number of rotatable bonds is 11. The van der Waals surface area contributed by atoms with Gasteiger partial charge in [-0.15, -0.1) is 0 Å². The quantitative estimate of drug-likeness (QED) is 0.452. The average Bonchev–Trinajstić information content (AvgIpc) is 2.81. The number of carbonyl (C=O) groups is 4. The number of nitrogens with one attached hydrogen (secondary N) is 3. The molecule has 2 rings (SSSR count). The van der Waals surface area contributed by atoms with Crippen LogP contribution in [-0.2, 0) is 36.9 Å². The van der Waals surface area contributed by atoms with E-state index in [9.17, 15) is 19.2 Å². The molecule has 9 nitrogen and oxygen atoms in total. The van der Waals surface area contributed by atoms with Gasteiger partial charge in [-0.25, -0.2) is 4.79 Å². The number of hydrogen-bond acceptors (Lipinski definition) is 6. The zero-order valence-corrected chi connectivity index (χ0v) is 17.8. The summed E-state index contributed by atoms with van der Waals surface area (Å²) in [5.74, 6) is -1.69. The Morgan fingerprint density at radius 2 is 1.44 bits per heavy atom. The number of benzene rings is 2. The van der Waals surface area contributed by atoms with Gasteiger partial charge in [-0.05, 0) is 18.1 Å². The van der Waals surface area contributed by atoms with Gasteiger partial charge in [0.15, 0.2) is 0 Å². The van der Waals surface area contributed by atoms with E-state index >= 15 is 0 Å². The second-order valence-corrected chi connectivity index (χ2v) is 6.75. The minimum atomic E-state index is -0.943. The summed E-state index contributed by atoms with van der Waals surface area (Å²) in [6.07, 6.45) is -0.546. The summed E-state index contributed by atoms with van der Waals surface area (Å²) in [4.78, 5) is 48.2. The highest BCUT2D eigenvalue weighted by Gasteiger charge is 2.22. The van der Waals surface area contributed by atoms with Crippen LogP contribution in [0.1, 0.15) is 18.1 Å². The highest BCUT2D eigenvalue weighted by Crippen LogP contribution is 2.04. The van der Waals surface area contributed by atoms with E-state index in [1.807, 2.05) is 60.7 Å². The largest absolute Gasteiger partial charge is 0.465 e. The van der Waals surface area contributed by atoms with Crippen LogP contribution in [0.2, 0.25) is 0 Å². The normalized spacial score (nSPS) is 11.0. The molecule has 0 spiro atoms. The van der Waals surface area contributed by atoms with Gasteiger partial charge < -0.3 is 25.4 Å². The maximum Gasteiger partial charge on any atom is 0.407 e.